The first-order valence-corrected chi connectivity index (χ1v) is 11.9. The average molecular weight is 502 g/mol. The number of fused-ring (bicyclic) bond motifs is 4. The Labute approximate surface area is 207 Å². The second-order valence-corrected chi connectivity index (χ2v) is 9.74. The molecule has 0 fully saturated rings. The van der Waals surface area contributed by atoms with E-state index in [9.17, 15) is 17.6 Å². The molecule has 36 heavy (non-hydrogen) atoms. The van der Waals surface area contributed by atoms with Crippen LogP contribution in [0, 0.1) is 11.7 Å². The van der Waals surface area contributed by atoms with E-state index in [-0.39, 0.29) is 5.92 Å². The summed E-state index contributed by atoms with van der Waals surface area (Å²) in [6.45, 7) is 7.04. The Balaban J connectivity index is 1.62. The van der Waals surface area contributed by atoms with Gasteiger partial charge in [-0.05, 0) is 62.6 Å². The van der Waals surface area contributed by atoms with Gasteiger partial charge >= 0.3 is 6.36 Å². The van der Waals surface area contributed by atoms with Gasteiger partial charge in [0.15, 0.2) is 11.6 Å². The number of rotatable bonds is 5. The highest BCUT2D eigenvalue weighted by atomic mass is 19.4. The normalized spacial score (nSPS) is 21.8. The number of ether oxygens (including phenoxy) is 3. The summed E-state index contributed by atoms with van der Waals surface area (Å²) in [6, 6.07) is 17.6. The van der Waals surface area contributed by atoms with Crippen LogP contribution in [0.2, 0.25) is 0 Å². The molecule has 0 saturated heterocycles. The zero-order valence-electron chi connectivity index (χ0n) is 20.2. The lowest BCUT2D eigenvalue weighted by Crippen LogP contribution is -2.56. The van der Waals surface area contributed by atoms with E-state index in [0.29, 0.717) is 30.9 Å². The molecule has 0 aromatic heterocycles. The largest absolute Gasteiger partial charge is 0.573 e. The number of alkyl halides is 3. The molecule has 8 heteroatoms. The first kappa shape index (κ1) is 24.3. The van der Waals surface area contributed by atoms with Crippen molar-refractivity contribution in [2.45, 2.75) is 44.6 Å². The Morgan fingerprint density at radius 1 is 1.03 bits per heavy atom. The molecular weight excluding hydrogens is 474 g/mol. The predicted octanol–water partition coefficient (Wildman–Crippen LogP) is 6.86. The lowest BCUT2D eigenvalue weighted by Gasteiger charge is -2.51. The predicted molar refractivity (Wildman–Crippen MR) is 128 cm³/mol. The van der Waals surface area contributed by atoms with Crippen molar-refractivity contribution in [1.82, 2.24) is 0 Å². The van der Waals surface area contributed by atoms with E-state index in [0.717, 1.165) is 34.7 Å². The molecule has 0 bridgehead atoms. The van der Waals surface area contributed by atoms with Crippen LogP contribution in [0.25, 0.3) is 0 Å². The topological polar surface area (TPSA) is 39.7 Å². The Morgan fingerprint density at radius 3 is 2.53 bits per heavy atom. The highest BCUT2D eigenvalue weighted by Gasteiger charge is 2.57. The van der Waals surface area contributed by atoms with E-state index in [4.69, 9.17) is 9.47 Å². The van der Waals surface area contributed by atoms with Gasteiger partial charge in [-0.1, -0.05) is 30.3 Å². The van der Waals surface area contributed by atoms with Crippen molar-refractivity contribution in [3.63, 3.8) is 0 Å². The number of nitrogens with one attached hydrogen (secondary N) is 1. The maximum Gasteiger partial charge on any atom is 0.573 e. The van der Waals surface area contributed by atoms with Gasteiger partial charge in [0, 0.05) is 29.8 Å². The first-order chi connectivity index (χ1) is 17.0. The molecule has 3 aromatic rings. The summed E-state index contributed by atoms with van der Waals surface area (Å²) in [6.07, 6.45) is -4.59. The third kappa shape index (κ3) is 4.12. The molecule has 2 aliphatic rings. The van der Waals surface area contributed by atoms with Crippen LogP contribution in [-0.2, 0) is 11.8 Å². The molecule has 0 aliphatic carbocycles. The van der Waals surface area contributed by atoms with Gasteiger partial charge in [-0.25, -0.2) is 4.39 Å². The van der Waals surface area contributed by atoms with Crippen molar-refractivity contribution in [1.29, 1.82) is 0 Å². The van der Waals surface area contributed by atoms with Gasteiger partial charge in [-0.15, -0.1) is 13.2 Å². The summed E-state index contributed by atoms with van der Waals surface area (Å²) >= 11 is 0. The summed E-state index contributed by atoms with van der Waals surface area (Å²) in [7, 11) is 0. The zero-order valence-corrected chi connectivity index (χ0v) is 20.2. The van der Waals surface area contributed by atoms with Crippen LogP contribution in [0.1, 0.15) is 37.5 Å². The highest BCUT2D eigenvalue weighted by molar-refractivity contribution is 5.68. The van der Waals surface area contributed by atoms with E-state index in [1.165, 1.54) is 6.07 Å². The number of benzene rings is 3. The summed E-state index contributed by atoms with van der Waals surface area (Å²) in [5.41, 5.74) is 2.45. The fourth-order valence-corrected chi connectivity index (χ4v) is 5.79. The van der Waals surface area contributed by atoms with E-state index in [2.05, 4.69) is 16.1 Å². The second-order valence-electron chi connectivity index (χ2n) is 9.74. The summed E-state index contributed by atoms with van der Waals surface area (Å²) in [5, 5.41) is 3.54. The maximum absolute atomic E-state index is 14.6. The fourth-order valence-electron chi connectivity index (χ4n) is 5.79. The van der Waals surface area contributed by atoms with Gasteiger partial charge in [-0.3, -0.25) is 0 Å². The summed E-state index contributed by atoms with van der Waals surface area (Å²) in [4.78, 5) is 0. The molecule has 190 valence electrons. The van der Waals surface area contributed by atoms with E-state index in [1.54, 1.807) is 0 Å². The monoisotopic (exact) mass is 501 g/mol. The minimum absolute atomic E-state index is 0.180. The standard InChI is InChI=1S/C28H27F4NO3/c1-4-34-18-10-11-20-24(15-18)35-26(2,3)25(27(20)16-33-22-8-6-5-7-19(22)27)14-17-9-12-23(21(29)13-17)36-28(30,31)32/h5-13,15,25,33H,4,14,16H2,1-3H3. The molecule has 2 unspecified atom stereocenters. The molecule has 0 radical (unpaired) electrons. The highest BCUT2D eigenvalue weighted by Crippen LogP contribution is 2.57. The second kappa shape index (κ2) is 8.61. The smallest absolute Gasteiger partial charge is 0.494 e. The van der Waals surface area contributed by atoms with Crippen molar-refractivity contribution in [2.24, 2.45) is 5.92 Å². The molecule has 0 saturated carbocycles. The Bertz CT molecular complexity index is 1290. The van der Waals surface area contributed by atoms with E-state index >= 15 is 0 Å². The molecular formula is C28H27F4NO3. The third-order valence-corrected chi connectivity index (χ3v) is 7.18. The minimum Gasteiger partial charge on any atom is -0.494 e. The van der Waals surface area contributed by atoms with Crippen molar-refractivity contribution >= 4 is 5.69 Å². The van der Waals surface area contributed by atoms with Gasteiger partial charge in [0.05, 0.1) is 12.0 Å². The average Bonchev–Trinajstić information content (AvgIpc) is 3.17. The number of halogens is 4. The van der Waals surface area contributed by atoms with Gasteiger partial charge < -0.3 is 19.5 Å². The van der Waals surface area contributed by atoms with Gasteiger partial charge in [0.2, 0.25) is 0 Å². The lowest BCUT2D eigenvalue weighted by molar-refractivity contribution is -0.275. The minimum atomic E-state index is -4.96. The molecule has 2 aliphatic heterocycles. The van der Waals surface area contributed by atoms with Crippen LogP contribution >= 0.6 is 0 Å². The molecule has 1 spiro atoms. The third-order valence-electron chi connectivity index (χ3n) is 7.18. The molecule has 3 aromatic carbocycles. The van der Waals surface area contributed by atoms with Crippen molar-refractivity contribution in [3.8, 4) is 17.2 Å². The Kier molecular flexibility index (Phi) is 5.80. The molecule has 2 heterocycles. The van der Waals surface area contributed by atoms with Crippen molar-refractivity contribution in [2.75, 3.05) is 18.5 Å². The van der Waals surface area contributed by atoms with E-state index < -0.39 is 28.9 Å². The van der Waals surface area contributed by atoms with Gasteiger partial charge in [0.1, 0.15) is 17.1 Å². The Hall–Kier alpha value is -3.42. The number of hydrogen-bond donors (Lipinski definition) is 1. The summed E-state index contributed by atoms with van der Waals surface area (Å²) < 4.78 is 68.6. The zero-order chi connectivity index (χ0) is 25.7. The van der Waals surface area contributed by atoms with Crippen LogP contribution in [0.4, 0.5) is 23.2 Å². The number of para-hydroxylation sites is 1. The molecule has 0 amide bonds. The SMILES string of the molecule is CCOc1ccc2c(c1)OC(C)(C)C(Cc1ccc(OC(F)(F)F)c(F)c1)C21CNc2ccccc21. The lowest BCUT2D eigenvalue weighted by atomic mass is 9.58. The van der Waals surface area contributed by atoms with E-state index in [1.807, 2.05) is 57.2 Å². The summed E-state index contributed by atoms with van der Waals surface area (Å²) in [5.74, 6) is -0.648. The maximum atomic E-state index is 14.6. The van der Waals surface area contributed by atoms with Crippen molar-refractivity contribution in [3.05, 3.63) is 83.2 Å². The van der Waals surface area contributed by atoms with Crippen LogP contribution in [0.5, 0.6) is 17.2 Å². The van der Waals surface area contributed by atoms with Crippen LogP contribution in [0.15, 0.2) is 60.7 Å². The molecule has 4 nitrogen and oxygen atoms in total. The van der Waals surface area contributed by atoms with Crippen LogP contribution < -0.4 is 19.5 Å². The fraction of sp³-hybridized carbons (Fsp3) is 0.357. The first-order valence-electron chi connectivity index (χ1n) is 11.9. The van der Waals surface area contributed by atoms with Crippen LogP contribution in [-0.4, -0.2) is 25.1 Å². The molecule has 5 rings (SSSR count). The van der Waals surface area contributed by atoms with Crippen LogP contribution in [0.3, 0.4) is 0 Å². The van der Waals surface area contributed by atoms with Crippen molar-refractivity contribution < 1.29 is 31.8 Å². The van der Waals surface area contributed by atoms with Gasteiger partial charge in [-0.2, -0.15) is 0 Å². The quantitative estimate of drug-likeness (QED) is 0.388. The Morgan fingerprint density at radius 2 is 1.81 bits per heavy atom. The number of hydrogen-bond acceptors (Lipinski definition) is 4. The molecule has 1 N–H and O–H groups in total. The van der Waals surface area contributed by atoms with Gasteiger partial charge in [0.25, 0.3) is 0 Å². The number of anilines is 1. The molecule has 2 atom stereocenters.